The van der Waals surface area contributed by atoms with Crippen molar-refractivity contribution in [2.45, 2.75) is 17.5 Å². The summed E-state index contributed by atoms with van der Waals surface area (Å²) in [4.78, 5) is 8.50. The number of non-ortho nitro benzene ring substituents is 1. The minimum atomic E-state index is -5.03. The number of hydrogen-bond acceptors (Lipinski definition) is 5. The fourth-order valence-electron chi connectivity index (χ4n) is 1.64. The van der Waals surface area contributed by atoms with Crippen molar-refractivity contribution in [3.05, 3.63) is 33.9 Å². The predicted octanol–water partition coefficient (Wildman–Crippen LogP) is 1.92. The van der Waals surface area contributed by atoms with E-state index in [1.165, 1.54) is 0 Å². The van der Waals surface area contributed by atoms with Crippen molar-refractivity contribution >= 4 is 28.1 Å². The first kappa shape index (κ1) is 21.6. The van der Waals surface area contributed by atoms with Crippen LogP contribution < -0.4 is 10.0 Å². The van der Waals surface area contributed by atoms with E-state index in [4.69, 9.17) is 0 Å². The lowest BCUT2D eigenvalue weighted by Crippen LogP contribution is -2.28. The molecule has 0 saturated heterocycles. The highest BCUT2D eigenvalue weighted by Crippen LogP contribution is 2.36. The van der Waals surface area contributed by atoms with Crippen LogP contribution in [0.1, 0.15) is 12.0 Å². The van der Waals surface area contributed by atoms with E-state index < -0.39 is 37.3 Å². The molecule has 0 unspecified atom stereocenters. The van der Waals surface area contributed by atoms with Crippen molar-refractivity contribution < 1.29 is 26.5 Å². The zero-order valence-electron chi connectivity index (χ0n) is 11.9. The van der Waals surface area contributed by atoms with E-state index in [0.717, 1.165) is 6.07 Å². The number of halogens is 4. The third kappa shape index (κ3) is 5.94. The van der Waals surface area contributed by atoms with Gasteiger partial charge in [0.1, 0.15) is 0 Å². The maximum atomic E-state index is 12.9. The van der Waals surface area contributed by atoms with Gasteiger partial charge in [0.25, 0.3) is 5.69 Å². The molecule has 1 rings (SSSR count). The number of benzene rings is 1. The second-order valence-corrected chi connectivity index (χ2v) is 6.03. The Morgan fingerprint density at radius 1 is 1.26 bits per heavy atom. The molecule has 7 nitrogen and oxygen atoms in total. The van der Waals surface area contributed by atoms with Crippen molar-refractivity contribution in [1.82, 2.24) is 10.0 Å². The molecule has 1 aromatic rings. The van der Waals surface area contributed by atoms with Gasteiger partial charge in [-0.2, -0.15) is 13.2 Å². The van der Waals surface area contributed by atoms with Crippen LogP contribution in [0.4, 0.5) is 18.9 Å². The van der Waals surface area contributed by atoms with Crippen molar-refractivity contribution in [2.75, 3.05) is 20.1 Å². The molecule has 0 spiro atoms. The summed E-state index contributed by atoms with van der Waals surface area (Å²) < 4.78 is 64.7. The monoisotopic (exact) mass is 377 g/mol. The molecular weight excluding hydrogens is 363 g/mol. The minimum absolute atomic E-state index is 0. The van der Waals surface area contributed by atoms with Gasteiger partial charge in [-0.3, -0.25) is 10.1 Å². The molecule has 0 radical (unpaired) electrons. The zero-order valence-corrected chi connectivity index (χ0v) is 13.5. The molecule has 0 heterocycles. The van der Waals surface area contributed by atoms with E-state index in [1.807, 2.05) is 4.72 Å². The Morgan fingerprint density at radius 3 is 2.35 bits per heavy atom. The number of nitrogens with zero attached hydrogens (tertiary/aromatic N) is 1. The van der Waals surface area contributed by atoms with Gasteiger partial charge in [0.15, 0.2) is 0 Å². The molecule has 0 aliphatic rings. The maximum absolute atomic E-state index is 12.9. The molecule has 0 bridgehead atoms. The van der Waals surface area contributed by atoms with Gasteiger partial charge >= 0.3 is 6.18 Å². The van der Waals surface area contributed by atoms with Crippen LogP contribution in [0, 0.1) is 10.1 Å². The highest BCUT2D eigenvalue weighted by atomic mass is 35.5. The number of nitrogens with one attached hydrogen (secondary N) is 2. The third-order valence-electron chi connectivity index (χ3n) is 2.66. The van der Waals surface area contributed by atoms with E-state index in [2.05, 4.69) is 5.32 Å². The van der Waals surface area contributed by atoms with Crippen LogP contribution in [-0.4, -0.2) is 33.5 Å². The van der Waals surface area contributed by atoms with Crippen molar-refractivity contribution in [3.63, 3.8) is 0 Å². The fraction of sp³-hybridized carbons (Fsp3) is 0.455. The molecule has 12 heteroatoms. The quantitative estimate of drug-likeness (QED) is 0.429. The zero-order chi connectivity index (χ0) is 17.0. The lowest BCUT2D eigenvalue weighted by molar-refractivity contribution is -0.385. The molecular formula is C11H15ClF3N3O4S. The normalized spacial score (nSPS) is 11.8. The topological polar surface area (TPSA) is 101 Å². The van der Waals surface area contributed by atoms with Gasteiger partial charge in [0, 0.05) is 18.7 Å². The van der Waals surface area contributed by atoms with Gasteiger partial charge in [0.2, 0.25) is 10.0 Å². The summed E-state index contributed by atoms with van der Waals surface area (Å²) in [6, 6.07) is 1.51. The minimum Gasteiger partial charge on any atom is -0.320 e. The van der Waals surface area contributed by atoms with Crippen LogP contribution in [-0.2, 0) is 16.2 Å². The average molecular weight is 378 g/mol. The Hall–Kier alpha value is -1.43. The second-order valence-electron chi connectivity index (χ2n) is 4.29. The molecule has 1 aromatic carbocycles. The summed E-state index contributed by atoms with van der Waals surface area (Å²) in [6.07, 6.45) is -4.65. The number of nitro benzene ring substituents is 1. The summed E-state index contributed by atoms with van der Waals surface area (Å²) in [6.45, 7) is 0.423. The average Bonchev–Trinajstić information content (AvgIpc) is 2.42. The van der Waals surface area contributed by atoms with Crippen LogP contribution in [0.25, 0.3) is 0 Å². The molecule has 0 fully saturated rings. The Balaban J connectivity index is 0.00000484. The lowest BCUT2D eigenvalue weighted by Gasteiger charge is -2.13. The Bertz CT molecular complexity index is 652. The van der Waals surface area contributed by atoms with Gasteiger partial charge in [0.05, 0.1) is 15.4 Å². The summed E-state index contributed by atoms with van der Waals surface area (Å²) in [5, 5.41) is 13.3. The van der Waals surface area contributed by atoms with E-state index in [1.54, 1.807) is 7.05 Å². The van der Waals surface area contributed by atoms with Crippen LogP contribution in [0.3, 0.4) is 0 Å². The van der Waals surface area contributed by atoms with Gasteiger partial charge < -0.3 is 5.32 Å². The number of hydrogen-bond donors (Lipinski definition) is 2. The van der Waals surface area contributed by atoms with E-state index in [0.29, 0.717) is 19.0 Å². The maximum Gasteiger partial charge on any atom is 0.417 e. The third-order valence-corrected chi connectivity index (χ3v) is 4.18. The number of nitro groups is 1. The summed E-state index contributed by atoms with van der Waals surface area (Å²) >= 11 is 0. The Morgan fingerprint density at radius 2 is 1.87 bits per heavy atom. The highest BCUT2D eigenvalue weighted by molar-refractivity contribution is 7.89. The molecule has 0 aromatic heterocycles. The van der Waals surface area contributed by atoms with Gasteiger partial charge in [-0.1, -0.05) is 0 Å². The SMILES string of the molecule is CNCCCNS(=O)(=O)c1ccc([N+](=O)[O-])cc1C(F)(F)F.Cl. The smallest absolute Gasteiger partial charge is 0.320 e. The molecule has 2 N–H and O–H groups in total. The number of sulfonamides is 1. The molecule has 23 heavy (non-hydrogen) atoms. The molecule has 0 amide bonds. The highest BCUT2D eigenvalue weighted by Gasteiger charge is 2.38. The van der Waals surface area contributed by atoms with Gasteiger partial charge in [-0.05, 0) is 26.1 Å². The van der Waals surface area contributed by atoms with Crippen LogP contribution in [0.15, 0.2) is 23.1 Å². The molecule has 132 valence electrons. The number of rotatable bonds is 7. The lowest BCUT2D eigenvalue weighted by atomic mass is 10.2. The van der Waals surface area contributed by atoms with Crippen molar-refractivity contribution in [2.24, 2.45) is 0 Å². The van der Waals surface area contributed by atoms with Gasteiger partial charge in [-0.25, -0.2) is 13.1 Å². The number of alkyl halides is 3. The second kappa shape index (κ2) is 8.43. The van der Waals surface area contributed by atoms with Gasteiger partial charge in [-0.15, -0.1) is 12.4 Å². The van der Waals surface area contributed by atoms with Crippen molar-refractivity contribution in [1.29, 1.82) is 0 Å². The fourth-order valence-corrected chi connectivity index (χ4v) is 2.92. The molecule has 0 atom stereocenters. The Kier molecular flexibility index (Phi) is 7.91. The molecule has 0 aliphatic heterocycles. The Labute approximate surface area is 136 Å². The predicted molar refractivity (Wildman–Crippen MR) is 79.1 cm³/mol. The van der Waals surface area contributed by atoms with E-state index >= 15 is 0 Å². The van der Waals surface area contributed by atoms with Crippen LogP contribution in [0.5, 0.6) is 0 Å². The van der Waals surface area contributed by atoms with E-state index in [9.17, 15) is 31.7 Å². The standard InChI is InChI=1S/C11H14F3N3O4S.ClH/c1-15-5-2-6-16-22(20,21)10-4-3-8(17(18)19)7-9(10)11(12,13)14;/h3-4,7,15-16H,2,5-6H2,1H3;1H. The first-order chi connectivity index (χ1) is 10.1. The van der Waals surface area contributed by atoms with E-state index in [-0.39, 0.29) is 25.0 Å². The molecule has 0 aliphatic carbocycles. The first-order valence-corrected chi connectivity index (χ1v) is 7.58. The van der Waals surface area contributed by atoms with Crippen LogP contribution in [0.2, 0.25) is 0 Å². The summed E-state index contributed by atoms with van der Waals surface area (Å²) in [5.41, 5.74) is -2.40. The van der Waals surface area contributed by atoms with Crippen LogP contribution >= 0.6 is 12.4 Å². The molecule has 0 saturated carbocycles. The summed E-state index contributed by atoms with van der Waals surface area (Å²) in [7, 11) is -2.77. The largest absolute Gasteiger partial charge is 0.417 e. The summed E-state index contributed by atoms with van der Waals surface area (Å²) in [5.74, 6) is 0. The van der Waals surface area contributed by atoms with Crippen molar-refractivity contribution in [3.8, 4) is 0 Å². The first-order valence-electron chi connectivity index (χ1n) is 6.09.